The molecule has 0 aromatic heterocycles. The molecule has 0 bridgehead atoms. The lowest BCUT2D eigenvalue weighted by Crippen LogP contribution is -1.88. The summed E-state index contributed by atoms with van der Waals surface area (Å²) < 4.78 is 0. The van der Waals surface area contributed by atoms with E-state index in [1.165, 1.54) is 0 Å². The molecule has 2 nitrogen and oxygen atoms in total. The first-order valence-corrected chi connectivity index (χ1v) is 6.43. The lowest BCUT2D eigenvalue weighted by Gasteiger charge is -1.85. The number of hydrogen-bond donors (Lipinski definition) is 1. The smallest absolute Gasteiger partial charge is 0.155 e. The molecule has 0 saturated carbocycles. The predicted molar refractivity (Wildman–Crippen MR) is 79.2 cm³/mol. The average molecular weight is 256 g/mol. The third-order valence-electron chi connectivity index (χ3n) is 1.97. The second-order valence-corrected chi connectivity index (χ2v) is 3.72. The minimum atomic E-state index is 0.147. The highest BCUT2D eigenvalue weighted by Gasteiger charge is 1.89. The van der Waals surface area contributed by atoms with Crippen LogP contribution in [-0.2, 0) is 4.79 Å². The van der Waals surface area contributed by atoms with Gasteiger partial charge in [0.2, 0.25) is 0 Å². The first-order chi connectivity index (χ1) is 9.31. The van der Waals surface area contributed by atoms with Gasteiger partial charge in [-0.15, -0.1) is 0 Å². The Balaban J connectivity index is 3.86. The zero-order valence-corrected chi connectivity index (χ0v) is 11.4. The van der Waals surface area contributed by atoms with Crippen LogP contribution < -0.4 is 0 Å². The Morgan fingerprint density at radius 2 is 1.95 bits per heavy atom. The van der Waals surface area contributed by atoms with Crippen LogP contribution in [-0.4, -0.2) is 17.5 Å². The maximum atomic E-state index is 11.1. The molecule has 100 valence electrons. The Bertz CT molecular complexity index is 445. The van der Waals surface area contributed by atoms with E-state index in [0.29, 0.717) is 19.3 Å². The SMILES string of the molecule is CCCC(=O)C=CC=CC=CC#CC#CCCCO. The van der Waals surface area contributed by atoms with Gasteiger partial charge >= 0.3 is 0 Å². The van der Waals surface area contributed by atoms with E-state index in [0.717, 1.165) is 6.42 Å². The third-order valence-corrected chi connectivity index (χ3v) is 1.97. The standard InChI is InChI=1S/C17H20O2/c1-2-14-17(19)15-12-10-8-6-4-3-5-7-9-11-13-16-18/h4,6,8,10,12,15,18H,2,11,13-14,16H2,1H3. The summed E-state index contributed by atoms with van der Waals surface area (Å²) in [4.78, 5) is 11.1. The van der Waals surface area contributed by atoms with Crippen molar-refractivity contribution in [3.63, 3.8) is 0 Å². The summed E-state index contributed by atoms with van der Waals surface area (Å²) in [7, 11) is 0. The van der Waals surface area contributed by atoms with Gasteiger partial charge in [0.25, 0.3) is 0 Å². The number of rotatable bonds is 7. The van der Waals surface area contributed by atoms with Gasteiger partial charge in [-0.1, -0.05) is 43.1 Å². The molecule has 0 aliphatic heterocycles. The highest BCUT2D eigenvalue weighted by Crippen LogP contribution is 1.90. The molecule has 0 aliphatic carbocycles. The topological polar surface area (TPSA) is 37.3 Å². The van der Waals surface area contributed by atoms with Gasteiger partial charge < -0.3 is 5.11 Å². The summed E-state index contributed by atoms with van der Waals surface area (Å²) in [6.45, 7) is 2.15. The first-order valence-electron chi connectivity index (χ1n) is 6.43. The van der Waals surface area contributed by atoms with Crippen LogP contribution in [0, 0.1) is 23.7 Å². The molecule has 0 heterocycles. The maximum Gasteiger partial charge on any atom is 0.155 e. The lowest BCUT2D eigenvalue weighted by atomic mass is 10.2. The van der Waals surface area contributed by atoms with E-state index in [4.69, 9.17) is 5.11 Å². The van der Waals surface area contributed by atoms with E-state index >= 15 is 0 Å². The normalized spacial score (nSPS) is 10.4. The van der Waals surface area contributed by atoms with Gasteiger partial charge in [-0.25, -0.2) is 0 Å². The van der Waals surface area contributed by atoms with Gasteiger partial charge in [-0.2, -0.15) is 0 Å². The van der Waals surface area contributed by atoms with Gasteiger partial charge in [-0.05, 0) is 36.8 Å². The summed E-state index contributed by atoms with van der Waals surface area (Å²) >= 11 is 0. The molecule has 0 radical (unpaired) electrons. The van der Waals surface area contributed by atoms with E-state index in [9.17, 15) is 4.79 Å². The fourth-order valence-corrected chi connectivity index (χ4v) is 1.08. The fraction of sp³-hybridized carbons (Fsp3) is 0.353. The summed E-state index contributed by atoms with van der Waals surface area (Å²) in [6, 6.07) is 0. The van der Waals surface area contributed by atoms with Crippen molar-refractivity contribution in [2.24, 2.45) is 0 Å². The minimum Gasteiger partial charge on any atom is -0.396 e. The largest absolute Gasteiger partial charge is 0.396 e. The van der Waals surface area contributed by atoms with E-state index in [2.05, 4.69) is 23.7 Å². The van der Waals surface area contributed by atoms with Crippen molar-refractivity contribution in [3.8, 4) is 23.7 Å². The van der Waals surface area contributed by atoms with Gasteiger partial charge in [0.1, 0.15) is 0 Å². The molecule has 0 rings (SSSR count). The number of unbranched alkanes of at least 4 members (excludes halogenated alkanes) is 1. The number of aliphatic hydroxyl groups excluding tert-OH is 1. The molecule has 0 aromatic rings. The van der Waals surface area contributed by atoms with E-state index < -0.39 is 0 Å². The number of carbonyl (C=O) groups is 1. The molecule has 2 heteroatoms. The first kappa shape index (κ1) is 17.0. The Kier molecular flexibility index (Phi) is 12.5. The maximum absolute atomic E-state index is 11.1. The minimum absolute atomic E-state index is 0.147. The Morgan fingerprint density at radius 1 is 1.16 bits per heavy atom. The zero-order valence-electron chi connectivity index (χ0n) is 11.4. The molecule has 0 amide bonds. The monoisotopic (exact) mass is 256 g/mol. The van der Waals surface area contributed by atoms with Crippen LogP contribution in [0.15, 0.2) is 36.5 Å². The van der Waals surface area contributed by atoms with E-state index in [1.807, 2.05) is 13.0 Å². The molecule has 0 unspecified atom stereocenters. The predicted octanol–water partition coefficient (Wildman–Crippen LogP) is 2.80. The second-order valence-electron chi connectivity index (χ2n) is 3.72. The molecule has 1 N–H and O–H groups in total. The number of hydrogen-bond acceptors (Lipinski definition) is 2. The van der Waals surface area contributed by atoms with Crippen LogP contribution in [0.2, 0.25) is 0 Å². The Hall–Kier alpha value is -2.03. The van der Waals surface area contributed by atoms with Crippen molar-refractivity contribution in [3.05, 3.63) is 36.5 Å². The Labute approximate surface area is 115 Å². The molecule has 0 saturated heterocycles. The molecule has 19 heavy (non-hydrogen) atoms. The zero-order chi connectivity index (χ0) is 14.2. The molecule has 0 atom stereocenters. The summed E-state index contributed by atoms with van der Waals surface area (Å²) in [6.07, 6.45) is 13.2. The second kappa shape index (κ2) is 14.0. The fourth-order valence-electron chi connectivity index (χ4n) is 1.08. The van der Waals surface area contributed by atoms with Crippen molar-refractivity contribution >= 4 is 5.78 Å². The molecular formula is C17H20O2. The van der Waals surface area contributed by atoms with Crippen molar-refractivity contribution in [2.75, 3.05) is 6.61 Å². The highest BCUT2D eigenvalue weighted by atomic mass is 16.2. The van der Waals surface area contributed by atoms with Gasteiger partial charge in [-0.3, -0.25) is 4.79 Å². The molecule has 0 aromatic carbocycles. The number of carbonyl (C=O) groups excluding carboxylic acids is 1. The molecule has 0 fully saturated rings. The lowest BCUT2D eigenvalue weighted by molar-refractivity contribution is -0.114. The van der Waals surface area contributed by atoms with Crippen LogP contribution in [0.25, 0.3) is 0 Å². The van der Waals surface area contributed by atoms with Crippen LogP contribution in [0.3, 0.4) is 0 Å². The van der Waals surface area contributed by atoms with Crippen LogP contribution in [0.5, 0.6) is 0 Å². The average Bonchev–Trinajstić information content (AvgIpc) is 2.40. The van der Waals surface area contributed by atoms with Crippen molar-refractivity contribution < 1.29 is 9.90 Å². The van der Waals surface area contributed by atoms with Crippen LogP contribution >= 0.6 is 0 Å². The quantitative estimate of drug-likeness (QED) is 0.329. The van der Waals surface area contributed by atoms with E-state index in [1.54, 1.807) is 30.4 Å². The van der Waals surface area contributed by atoms with Gasteiger partial charge in [0, 0.05) is 19.4 Å². The van der Waals surface area contributed by atoms with Crippen molar-refractivity contribution in [1.29, 1.82) is 0 Å². The molecule has 0 aliphatic rings. The van der Waals surface area contributed by atoms with E-state index in [-0.39, 0.29) is 12.4 Å². The highest BCUT2D eigenvalue weighted by molar-refractivity contribution is 5.89. The molecule has 0 spiro atoms. The third kappa shape index (κ3) is 13.9. The summed E-state index contributed by atoms with van der Waals surface area (Å²) in [5.74, 6) is 11.1. The van der Waals surface area contributed by atoms with Crippen LogP contribution in [0.1, 0.15) is 32.6 Å². The van der Waals surface area contributed by atoms with Gasteiger partial charge in [0.05, 0.1) is 0 Å². The van der Waals surface area contributed by atoms with Crippen molar-refractivity contribution in [1.82, 2.24) is 0 Å². The molecular weight excluding hydrogens is 236 g/mol. The van der Waals surface area contributed by atoms with Gasteiger partial charge in [0.15, 0.2) is 5.78 Å². The Morgan fingerprint density at radius 3 is 2.68 bits per heavy atom. The summed E-state index contributed by atoms with van der Waals surface area (Å²) in [5, 5.41) is 8.52. The number of allylic oxidation sites excluding steroid dienone is 6. The number of aliphatic hydroxyl groups is 1. The number of ketones is 1. The summed E-state index contributed by atoms with van der Waals surface area (Å²) in [5.41, 5.74) is 0. The van der Waals surface area contributed by atoms with Crippen molar-refractivity contribution in [2.45, 2.75) is 32.6 Å². The van der Waals surface area contributed by atoms with Crippen LogP contribution in [0.4, 0.5) is 0 Å².